The number of ether oxygens (including phenoxy) is 2. The highest BCUT2D eigenvalue weighted by Gasteiger charge is 2.23. The third-order valence-corrected chi connectivity index (χ3v) is 6.27. The van der Waals surface area contributed by atoms with Crippen molar-refractivity contribution >= 4 is 5.65 Å². The number of nitriles is 1. The van der Waals surface area contributed by atoms with Gasteiger partial charge in [0.2, 0.25) is 5.65 Å². The molecule has 9 heteroatoms. The van der Waals surface area contributed by atoms with Crippen LogP contribution >= 0.6 is 0 Å². The largest absolute Gasteiger partial charge is 0.503 e. The van der Waals surface area contributed by atoms with Crippen molar-refractivity contribution in [2.24, 2.45) is 5.92 Å². The lowest BCUT2D eigenvalue weighted by atomic mass is 10.00. The minimum absolute atomic E-state index is 0.0780. The molecule has 4 aromatic rings. The standard InChI is InChI=1S/C26H26N6O3/c1-31-10-3-4-18(15-31)16-35-26-24-28-9-11-32(24)23(20-12-21(33)25(34-2)29-14-20)22(30-26)19-7-5-17(13-27)6-8-19/h5-9,11-12,14,18,33H,3-4,10,15-16H2,1-2H3/t18-/m1/s1. The van der Waals surface area contributed by atoms with Crippen LogP contribution in [-0.4, -0.2) is 63.2 Å². The predicted molar refractivity (Wildman–Crippen MR) is 130 cm³/mol. The molecule has 0 unspecified atom stereocenters. The lowest BCUT2D eigenvalue weighted by Gasteiger charge is -2.29. The summed E-state index contributed by atoms with van der Waals surface area (Å²) in [6.45, 7) is 2.65. The quantitative estimate of drug-likeness (QED) is 0.454. The molecule has 0 spiro atoms. The smallest absolute Gasteiger partial charge is 0.259 e. The van der Waals surface area contributed by atoms with Gasteiger partial charge in [0.1, 0.15) is 0 Å². The number of hydrogen-bond donors (Lipinski definition) is 1. The van der Waals surface area contributed by atoms with Crippen molar-refractivity contribution in [2.75, 3.05) is 33.9 Å². The van der Waals surface area contributed by atoms with E-state index >= 15 is 0 Å². The zero-order valence-corrected chi connectivity index (χ0v) is 19.7. The zero-order chi connectivity index (χ0) is 24.4. The molecule has 35 heavy (non-hydrogen) atoms. The highest BCUT2D eigenvalue weighted by molar-refractivity contribution is 5.82. The van der Waals surface area contributed by atoms with Crippen LogP contribution in [0.1, 0.15) is 18.4 Å². The maximum atomic E-state index is 10.4. The highest BCUT2D eigenvalue weighted by Crippen LogP contribution is 2.37. The second-order valence-corrected chi connectivity index (χ2v) is 8.76. The summed E-state index contributed by atoms with van der Waals surface area (Å²) in [5.74, 6) is 0.926. The van der Waals surface area contributed by atoms with Gasteiger partial charge in [0.05, 0.1) is 36.7 Å². The average Bonchev–Trinajstić information content (AvgIpc) is 3.37. The highest BCUT2D eigenvalue weighted by atomic mass is 16.5. The lowest BCUT2D eigenvalue weighted by molar-refractivity contribution is 0.148. The lowest BCUT2D eigenvalue weighted by Crippen LogP contribution is -2.34. The Balaban J connectivity index is 1.63. The summed E-state index contributed by atoms with van der Waals surface area (Å²) in [7, 11) is 3.59. The van der Waals surface area contributed by atoms with Gasteiger partial charge in [0, 0.05) is 42.2 Å². The topological polar surface area (TPSA) is 109 Å². The fourth-order valence-electron chi connectivity index (χ4n) is 4.57. The molecule has 3 aromatic heterocycles. The van der Waals surface area contributed by atoms with Crippen LogP contribution in [0.5, 0.6) is 17.5 Å². The number of hydrogen-bond acceptors (Lipinski definition) is 8. The summed E-state index contributed by atoms with van der Waals surface area (Å²) in [6.07, 6.45) is 7.43. The fourth-order valence-corrected chi connectivity index (χ4v) is 4.57. The van der Waals surface area contributed by atoms with Crippen LogP contribution in [0.3, 0.4) is 0 Å². The van der Waals surface area contributed by atoms with E-state index in [9.17, 15) is 10.4 Å². The van der Waals surface area contributed by atoms with E-state index in [0.29, 0.717) is 46.6 Å². The van der Waals surface area contributed by atoms with Crippen molar-refractivity contribution in [1.29, 1.82) is 5.26 Å². The number of aromatic nitrogens is 4. The van der Waals surface area contributed by atoms with Crippen molar-refractivity contribution in [2.45, 2.75) is 12.8 Å². The Kier molecular flexibility index (Phi) is 6.21. The van der Waals surface area contributed by atoms with Crippen LogP contribution in [-0.2, 0) is 0 Å². The second kappa shape index (κ2) is 9.60. The van der Waals surface area contributed by atoms with Crippen LogP contribution < -0.4 is 9.47 Å². The second-order valence-electron chi connectivity index (χ2n) is 8.76. The third kappa shape index (κ3) is 4.48. The molecule has 0 amide bonds. The minimum Gasteiger partial charge on any atom is -0.503 e. The predicted octanol–water partition coefficient (Wildman–Crippen LogP) is 3.76. The van der Waals surface area contributed by atoms with Gasteiger partial charge in [-0.05, 0) is 44.6 Å². The van der Waals surface area contributed by atoms with Crippen LogP contribution in [0.25, 0.3) is 28.2 Å². The maximum Gasteiger partial charge on any atom is 0.259 e. The van der Waals surface area contributed by atoms with Gasteiger partial charge in [-0.3, -0.25) is 4.40 Å². The first-order valence-electron chi connectivity index (χ1n) is 11.5. The Labute approximate surface area is 203 Å². The van der Waals surface area contributed by atoms with Gasteiger partial charge in [-0.15, -0.1) is 0 Å². The summed E-state index contributed by atoms with van der Waals surface area (Å²) in [4.78, 5) is 16.0. The third-order valence-electron chi connectivity index (χ3n) is 6.27. The number of rotatable bonds is 6. The van der Waals surface area contributed by atoms with Crippen LogP contribution in [0.2, 0.25) is 0 Å². The molecule has 178 valence electrons. The first-order chi connectivity index (χ1) is 17.1. The molecule has 0 bridgehead atoms. The maximum absolute atomic E-state index is 10.4. The van der Waals surface area contributed by atoms with Gasteiger partial charge in [0.25, 0.3) is 11.8 Å². The molecule has 0 radical (unpaired) electrons. The van der Waals surface area contributed by atoms with Crippen LogP contribution in [0.4, 0.5) is 0 Å². The van der Waals surface area contributed by atoms with Gasteiger partial charge in [-0.25, -0.2) is 15.0 Å². The molecule has 1 N–H and O–H groups in total. The van der Waals surface area contributed by atoms with E-state index in [2.05, 4.69) is 28.0 Å². The summed E-state index contributed by atoms with van der Waals surface area (Å²) in [6, 6.07) is 10.9. The van der Waals surface area contributed by atoms with E-state index in [1.54, 1.807) is 30.6 Å². The van der Waals surface area contributed by atoms with Crippen molar-refractivity contribution in [1.82, 2.24) is 24.3 Å². The van der Waals surface area contributed by atoms with Crippen molar-refractivity contribution in [3.63, 3.8) is 0 Å². The molecule has 0 aliphatic carbocycles. The number of likely N-dealkylation sites (tertiary alicyclic amines) is 1. The fraction of sp³-hybridized carbons (Fsp3) is 0.308. The molecule has 1 aromatic carbocycles. The van der Waals surface area contributed by atoms with Crippen molar-refractivity contribution < 1.29 is 14.6 Å². The molecule has 5 rings (SSSR count). The molecule has 0 saturated carbocycles. The number of piperidine rings is 1. The zero-order valence-electron chi connectivity index (χ0n) is 19.7. The Morgan fingerprint density at radius 3 is 2.71 bits per heavy atom. The first-order valence-corrected chi connectivity index (χ1v) is 11.5. The van der Waals surface area contributed by atoms with Crippen molar-refractivity contribution in [3.8, 4) is 46.1 Å². The first kappa shape index (κ1) is 22.6. The number of imidazole rings is 1. The summed E-state index contributed by atoms with van der Waals surface area (Å²) < 4.78 is 13.3. The van der Waals surface area contributed by atoms with E-state index in [4.69, 9.17) is 14.5 Å². The van der Waals surface area contributed by atoms with Gasteiger partial charge >= 0.3 is 0 Å². The molecule has 9 nitrogen and oxygen atoms in total. The Morgan fingerprint density at radius 1 is 1.17 bits per heavy atom. The SMILES string of the molecule is COc1ncc(-c2c(-c3ccc(C#N)cc3)nc(OC[C@@H]3CCCN(C)C3)c3nccn23)cc1O. The molecule has 4 heterocycles. The van der Waals surface area contributed by atoms with Crippen molar-refractivity contribution in [3.05, 3.63) is 54.5 Å². The Hall–Kier alpha value is -4.16. The van der Waals surface area contributed by atoms with Gasteiger partial charge in [-0.2, -0.15) is 5.26 Å². The number of pyridine rings is 1. The number of aromatic hydroxyl groups is 1. The van der Waals surface area contributed by atoms with Gasteiger partial charge in [0.15, 0.2) is 5.75 Å². The summed E-state index contributed by atoms with van der Waals surface area (Å²) in [5, 5.41) is 19.6. The molecular formula is C26H26N6O3. The van der Waals surface area contributed by atoms with E-state index in [-0.39, 0.29) is 11.6 Å². The van der Waals surface area contributed by atoms with E-state index in [0.717, 1.165) is 31.5 Å². The molecular weight excluding hydrogens is 444 g/mol. The molecule has 1 atom stereocenters. The summed E-state index contributed by atoms with van der Waals surface area (Å²) >= 11 is 0. The number of fused-ring (bicyclic) bond motifs is 1. The number of nitrogens with zero attached hydrogens (tertiary/aromatic N) is 6. The Morgan fingerprint density at radius 2 is 2.00 bits per heavy atom. The van der Waals surface area contributed by atoms with E-state index in [1.165, 1.54) is 7.11 Å². The minimum atomic E-state index is -0.0780. The number of methoxy groups -OCH3 is 1. The monoisotopic (exact) mass is 470 g/mol. The van der Waals surface area contributed by atoms with E-state index < -0.39 is 0 Å². The van der Waals surface area contributed by atoms with Crippen LogP contribution in [0, 0.1) is 17.2 Å². The molecule has 1 fully saturated rings. The molecule has 1 aliphatic rings. The number of benzene rings is 1. The van der Waals surface area contributed by atoms with E-state index in [1.807, 2.05) is 22.7 Å². The molecule has 1 saturated heterocycles. The normalized spacial score (nSPS) is 16.2. The van der Waals surface area contributed by atoms with Gasteiger partial charge in [-0.1, -0.05) is 12.1 Å². The molecule has 1 aliphatic heterocycles. The van der Waals surface area contributed by atoms with Gasteiger partial charge < -0.3 is 19.5 Å². The van der Waals surface area contributed by atoms with Crippen LogP contribution in [0.15, 0.2) is 48.9 Å². The Bertz CT molecular complexity index is 1390. The summed E-state index contributed by atoms with van der Waals surface area (Å²) in [5.41, 5.74) is 3.89. The average molecular weight is 471 g/mol.